The first-order valence-electron chi connectivity index (χ1n) is 4.24. The first-order valence-corrected chi connectivity index (χ1v) is 4.24. The van der Waals surface area contributed by atoms with E-state index in [1.54, 1.807) is 0 Å². The number of hydrogen-bond acceptors (Lipinski definition) is 1. The Morgan fingerprint density at radius 2 is 1.80 bits per heavy atom. The van der Waals surface area contributed by atoms with E-state index >= 15 is 0 Å². The molecule has 0 bridgehead atoms. The van der Waals surface area contributed by atoms with E-state index in [4.69, 9.17) is 5.73 Å². The molecular weight excluding hydrogens is 122 g/mol. The van der Waals surface area contributed by atoms with Crippen molar-refractivity contribution in [1.29, 1.82) is 0 Å². The van der Waals surface area contributed by atoms with Crippen LogP contribution in [0.3, 0.4) is 0 Å². The highest BCUT2D eigenvalue weighted by molar-refractivity contribution is 4.78. The van der Waals surface area contributed by atoms with Crippen LogP contribution in [0.4, 0.5) is 0 Å². The average molecular weight is 142 g/mol. The number of rotatable bonds is 5. The Labute approximate surface area is 65.0 Å². The summed E-state index contributed by atoms with van der Waals surface area (Å²) < 4.78 is 0. The molecule has 0 saturated carbocycles. The molecule has 0 spiro atoms. The fourth-order valence-electron chi connectivity index (χ4n) is 1.08. The Bertz CT molecular complexity index is 74.8. The summed E-state index contributed by atoms with van der Waals surface area (Å²) in [6.45, 7) is 9.39. The monoisotopic (exact) mass is 142 g/mol. The van der Waals surface area contributed by atoms with Crippen molar-refractivity contribution in [3.05, 3.63) is 6.92 Å². The maximum Gasteiger partial charge on any atom is -0.00771 e. The van der Waals surface area contributed by atoms with Crippen molar-refractivity contribution in [1.82, 2.24) is 0 Å². The van der Waals surface area contributed by atoms with Crippen LogP contribution in [0.5, 0.6) is 0 Å². The molecular formula is C9H20N. The quantitative estimate of drug-likeness (QED) is 0.626. The molecule has 0 fully saturated rings. The van der Waals surface area contributed by atoms with Crippen LogP contribution in [-0.2, 0) is 0 Å². The third-order valence-corrected chi connectivity index (χ3v) is 2.41. The predicted molar refractivity (Wildman–Crippen MR) is 46.7 cm³/mol. The molecule has 0 aliphatic carbocycles. The summed E-state index contributed by atoms with van der Waals surface area (Å²) in [6, 6.07) is 0. The number of hydrogen-bond donors (Lipinski definition) is 1. The maximum atomic E-state index is 5.42. The standard InChI is InChI=1S/C9H20N/c1-4-9(3,5-2)7-6-8-10/h3-8,10H2,1-2H3. The van der Waals surface area contributed by atoms with Crippen LogP contribution in [0, 0.1) is 12.3 Å². The lowest BCUT2D eigenvalue weighted by Gasteiger charge is -2.25. The third-order valence-electron chi connectivity index (χ3n) is 2.41. The Morgan fingerprint density at radius 1 is 1.30 bits per heavy atom. The van der Waals surface area contributed by atoms with Gasteiger partial charge < -0.3 is 5.73 Å². The summed E-state index contributed by atoms with van der Waals surface area (Å²) >= 11 is 0. The van der Waals surface area contributed by atoms with E-state index in [-0.39, 0.29) is 0 Å². The second-order valence-electron chi connectivity index (χ2n) is 3.10. The molecule has 0 aromatic rings. The van der Waals surface area contributed by atoms with E-state index in [9.17, 15) is 0 Å². The van der Waals surface area contributed by atoms with Crippen molar-refractivity contribution in [2.75, 3.05) is 6.54 Å². The van der Waals surface area contributed by atoms with Crippen LogP contribution in [0.1, 0.15) is 39.5 Å². The van der Waals surface area contributed by atoms with E-state index in [2.05, 4.69) is 20.8 Å². The molecule has 0 aromatic heterocycles. The van der Waals surface area contributed by atoms with E-state index in [0.717, 1.165) is 13.0 Å². The van der Waals surface area contributed by atoms with Crippen LogP contribution in [0.2, 0.25) is 0 Å². The Morgan fingerprint density at radius 3 is 2.10 bits per heavy atom. The van der Waals surface area contributed by atoms with Crippen molar-refractivity contribution in [3.63, 3.8) is 0 Å². The van der Waals surface area contributed by atoms with Crippen LogP contribution in [-0.4, -0.2) is 6.54 Å². The lowest BCUT2D eigenvalue weighted by molar-refractivity contribution is 0.313. The normalized spacial score (nSPS) is 12.0. The van der Waals surface area contributed by atoms with Gasteiger partial charge in [-0.1, -0.05) is 26.7 Å². The van der Waals surface area contributed by atoms with Crippen molar-refractivity contribution in [2.45, 2.75) is 39.5 Å². The number of nitrogens with two attached hydrogens (primary N) is 1. The zero-order valence-electron chi connectivity index (χ0n) is 7.32. The van der Waals surface area contributed by atoms with E-state index in [0.29, 0.717) is 5.41 Å². The second kappa shape index (κ2) is 4.73. The minimum absolute atomic E-state index is 0.305. The summed E-state index contributed by atoms with van der Waals surface area (Å²) in [5.74, 6) is 0. The molecule has 1 heteroatoms. The minimum atomic E-state index is 0.305. The summed E-state index contributed by atoms with van der Waals surface area (Å²) in [7, 11) is 0. The highest BCUT2D eigenvalue weighted by atomic mass is 14.5. The van der Waals surface area contributed by atoms with Gasteiger partial charge in [-0.25, -0.2) is 0 Å². The van der Waals surface area contributed by atoms with Crippen LogP contribution in [0.25, 0.3) is 0 Å². The van der Waals surface area contributed by atoms with Crippen molar-refractivity contribution >= 4 is 0 Å². The molecule has 0 unspecified atom stereocenters. The molecule has 2 N–H and O–H groups in total. The smallest absolute Gasteiger partial charge is 0.00771 e. The summed E-state index contributed by atoms with van der Waals surface area (Å²) in [5.41, 5.74) is 5.72. The topological polar surface area (TPSA) is 26.0 Å². The van der Waals surface area contributed by atoms with Gasteiger partial charge in [-0.2, -0.15) is 0 Å². The molecule has 0 saturated heterocycles. The van der Waals surface area contributed by atoms with Crippen LogP contribution >= 0.6 is 0 Å². The largest absolute Gasteiger partial charge is 0.330 e. The molecule has 0 aliphatic rings. The Balaban J connectivity index is 3.58. The lowest BCUT2D eigenvalue weighted by Crippen LogP contribution is -2.15. The third kappa shape index (κ3) is 3.21. The molecule has 0 heterocycles. The Kier molecular flexibility index (Phi) is 4.71. The summed E-state index contributed by atoms with van der Waals surface area (Å²) in [5, 5.41) is 0. The Hall–Kier alpha value is -0.0400. The molecule has 1 radical (unpaired) electrons. The fraction of sp³-hybridized carbons (Fsp3) is 0.889. The second-order valence-corrected chi connectivity index (χ2v) is 3.10. The minimum Gasteiger partial charge on any atom is -0.330 e. The summed E-state index contributed by atoms with van der Waals surface area (Å²) in [6.07, 6.45) is 4.63. The molecule has 1 nitrogen and oxygen atoms in total. The van der Waals surface area contributed by atoms with E-state index < -0.39 is 0 Å². The van der Waals surface area contributed by atoms with Gasteiger partial charge in [0.25, 0.3) is 0 Å². The molecule has 10 heavy (non-hydrogen) atoms. The van der Waals surface area contributed by atoms with Crippen LogP contribution in [0.15, 0.2) is 0 Å². The molecule has 0 aromatic carbocycles. The average Bonchev–Trinajstić information content (AvgIpc) is 2.00. The molecule has 0 aliphatic heterocycles. The first-order chi connectivity index (χ1) is 4.68. The van der Waals surface area contributed by atoms with Crippen molar-refractivity contribution in [2.24, 2.45) is 11.1 Å². The van der Waals surface area contributed by atoms with Gasteiger partial charge in [0.2, 0.25) is 0 Å². The highest BCUT2D eigenvalue weighted by Gasteiger charge is 2.17. The summed E-state index contributed by atoms with van der Waals surface area (Å²) in [4.78, 5) is 0. The van der Waals surface area contributed by atoms with Gasteiger partial charge in [0, 0.05) is 0 Å². The first kappa shape index (κ1) is 9.96. The molecule has 61 valence electrons. The van der Waals surface area contributed by atoms with Crippen molar-refractivity contribution < 1.29 is 0 Å². The van der Waals surface area contributed by atoms with Gasteiger partial charge in [-0.15, -0.1) is 0 Å². The molecule has 0 amide bonds. The highest BCUT2D eigenvalue weighted by Crippen LogP contribution is 2.29. The zero-order chi connectivity index (χ0) is 8.04. The predicted octanol–water partition coefficient (Wildman–Crippen LogP) is 2.37. The SMILES string of the molecule is [CH2]C(CC)(CC)CCCN. The van der Waals surface area contributed by atoms with Gasteiger partial charge >= 0.3 is 0 Å². The van der Waals surface area contributed by atoms with Gasteiger partial charge in [0.05, 0.1) is 0 Å². The van der Waals surface area contributed by atoms with E-state index in [1.165, 1.54) is 19.3 Å². The fourth-order valence-corrected chi connectivity index (χ4v) is 1.08. The lowest BCUT2D eigenvalue weighted by atomic mass is 9.80. The maximum absolute atomic E-state index is 5.42. The van der Waals surface area contributed by atoms with Crippen LogP contribution < -0.4 is 5.73 Å². The van der Waals surface area contributed by atoms with Gasteiger partial charge in [-0.3, -0.25) is 0 Å². The van der Waals surface area contributed by atoms with Gasteiger partial charge in [-0.05, 0) is 31.7 Å². The molecule has 0 atom stereocenters. The van der Waals surface area contributed by atoms with Gasteiger partial charge in [0.1, 0.15) is 0 Å². The van der Waals surface area contributed by atoms with Crippen molar-refractivity contribution in [3.8, 4) is 0 Å². The molecule has 0 rings (SSSR count). The zero-order valence-corrected chi connectivity index (χ0v) is 7.32. The van der Waals surface area contributed by atoms with Gasteiger partial charge in [0.15, 0.2) is 0 Å². The van der Waals surface area contributed by atoms with E-state index in [1.807, 2.05) is 0 Å².